The highest BCUT2D eigenvalue weighted by Crippen LogP contribution is 2.21. The molecule has 0 aliphatic carbocycles. The third-order valence-electron chi connectivity index (χ3n) is 3.18. The maximum atomic E-state index is 12.1. The molecule has 92 valence electrons. The van der Waals surface area contributed by atoms with Gasteiger partial charge in [-0.1, -0.05) is 0 Å². The number of H-pyrrole nitrogens is 1. The van der Waals surface area contributed by atoms with E-state index in [1.54, 1.807) is 17.9 Å². The van der Waals surface area contributed by atoms with E-state index < -0.39 is 5.60 Å². The molecule has 0 atom stereocenters. The van der Waals surface area contributed by atoms with Gasteiger partial charge in [0, 0.05) is 19.3 Å². The molecule has 1 aromatic rings. The number of carbonyl (C=O) groups is 1. The van der Waals surface area contributed by atoms with Gasteiger partial charge in [0.15, 0.2) is 0 Å². The Labute approximate surface area is 99.1 Å². The zero-order valence-corrected chi connectivity index (χ0v) is 9.77. The van der Waals surface area contributed by atoms with Crippen LogP contribution in [0.25, 0.3) is 0 Å². The zero-order valence-electron chi connectivity index (χ0n) is 9.77. The molecule has 2 heterocycles. The number of aromatic amines is 1. The van der Waals surface area contributed by atoms with Gasteiger partial charge in [0.25, 0.3) is 11.5 Å². The second-order valence-electron chi connectivity index (χ2n) is 4.70. The minimum Gasteiger partial charge on any atom is -0.390 e. The monoisotopic (exact) mass is 236 g/mol. The number of aromatic nitrogens is 1. The van der Waals surface area contributed by atoms with E-state index in [0.717, 1.165) is 0 Å². The van der Waals surface area contributed by atoms with Crippen LogP contribution < -0.4 is 5.56 Å². The summed E-state index contributed by atoms with van der Waals surface area (Å²) in [6.07, 6.45) is 2.59. The Bertz CT molecular complexity index is 469. The Balaban J connectivity index is 2.13. The maximum absolute atomic E-state index is 12.1. The van der Waals surface area contributed by atoms with E-state index >= 15 is 0 Å². The number of aliphatic hydroxyl groups is 1. The van der Waals surface area contributed by atoms with Gasteiger partial charge in [0.05, 0.1) is 5.60 Å². The third-order valence-corrected chi connectivity index (χ3v) is 3.18. The molecule has 0 aromatic carbocycles. The van der Waals surface area contributed by atoms with Crippen LogP contribution in [-0.4, -0.2) is 39.6 Å². The number of likely N-dealkylation sites (tertiary alicyclic amines) is 1. The Morgan fingerprint density at radius 2 is 2.12 bits per heavy atom. The predicted molar refractivity (Wildman–Crippen MR) is 62.8 cm³/mol. The van der Waals surface area contributed by atoms with Crippen molar-refractivity contribution >= 4 is 5.91 Å². The highest BCUT2D eigenvalue weighted by Gasteiger charge is 2.30. The van der Waals surface area contributed by atoms with Crippen LogP contribution in [0.15, 0.2) is 23.1 Å². The van der Waals surface area contributed by atoms with Crippen LogP contribution in [-0.2, 0) is 0 Å². The number of pyridine rings is 1. The number of hydrogen-bond donors (Lipinski definition) is 2. The van der Waals surface area contributed by atoms with Gasteiger partial charge in [-0.25, -0.2) is 0 Å². The number of carbonyl (C=O) groups excluding carboxylic acids is 1. The molecule has 1 aliphatic rings. The van der Waals surface area contributed by atoms with E-state index in [1.165, 1.54) is 12.3 Å². The highest BCUT2D eigenvalue weighted by atomic mass is 16.3. The van der Waals surface area contributed by atoms with Crippen LogP contribution in [0, 0.1) is 0 Å². The van der Waals surface area contributed by atoms with E-state index in [9.17, 15) is 14.7 Å². The van der Waals surface area contributed by atoms with Crippen molar-refractivity contribution in [1.29, 1.82) is 0 Å². The molecule has 1 aliphatic heterocycles. The van der Waals surface area contributed by atoms with Gasteiger partial charge < -0.3 is 15.0 Å². The number of piperidine rings is 1. The largest absolute Gasteiger partial charge is 0.390 e. The van der Waals surface area contributed by atoms with Crippen LogP contribution in [0.2, 0.25) is 0 Å². The first-order chi connectivity index (χ1) is 7.99. The number of amides is 1. The number of nitrogens with one attached hydrogen (secondary N) is 1. The van der Waals surface area contributed by atoms with Crippen molar-refractivity contribution in [3.8, 4) is 0 Å². The topological polar surface area (TPSA) is 73.4 Å². The summed E-state index contributed by atoms with van der Waals surface area (Å²) in [5, 5.41) is 9.79. The first-order valence-electron chi connectivity index (χ1n) is 5.69. The lowest BCUT2D eigenvalue weighted by atomic mass is 9.93. The lowest BCUT2D eigenvalue weighted by molar-refractivity contribution is -0.00207. The van der Waals surface area contributed by atoms with E-state index in [0.29, 0.717) is 25.9 Å². The molecule has 2 N–H and O–H groups in total. The van der Waals surface area contributed by atoms with Crippen molar-refractivity contribution in [3.05, 3.63) is 34.2 Å². The fraction of sp³-hybridized carbons (Fsp3) is 0.500. The summed E-state index contributed by atoms with van der Waals surface area (Å²) < 4.78 is 0. The van der Waals surface area contributed by atoms with Crippen LogP contribution in [0.1, 0.15) is 30.1 Å². The number of nitrogens with zero attached hydrogens (tertiary/aromatic N) is 1. The standard InChI is InChI=1S/C12H16N2O3/c1-12(17)4-7-14(8-5-12)11(16)9-3-2-6-13-10(9)15/h2-3,6,17H,4-5,7-8H2,1H3,(H,13,15). The minimum absolute atomic E-state index is 0.161. The molecule has 2 rings (SSSR count). The van der Waals surface area contributed by atoms with E-state index in [1.807, 2.05) is 0 Å². The van der Waals surface area contributed by atoms with Crippen molar-refractivity contribution in [2.45, 2.75) is 25.4 Å². The lowest BCUT2D eigenvalue weighted by Gasteiger charge is -2.35. The van der Waals surface area contributed by atoms with Crippen molar-refractivity contribution < 1.29 is 9.90 Å². The zero-order chi connectivity index (χ0) is 12.5. The second-order valence-corrected chi connectivity index (χ2v) is 4.70. The van der Waals surface area contributed by atoms with Gasteiger partial charge in [0.1, 0.15) is 5.56 Å². The summed E-state index contributed by atoms with van der Waals surface area (Å²) in [6, 6.07) is 3.16. The average molecular weight is 236 g/mol. The molecule has 0 spiro atoms. The van der Waals surface area contributed by atoms with E-state index in [-0.39, 0.29) is 17.0 Å². The molecule has 0 bridgehead atoms. The van der Waals surface area contributed by atoms with Crippen molar-refractivity contribution in [2.75, 3.05) is 13.1 Å². The molecule has 0 saturated carbocycles. The minimum atomic E-state index is -0.695. The van der Waals surface area contributed by atoms with Gasteiger partial charge in [-0.2, -0.15) is 0 Å². The molecule has 1 aromatic heterocycles. The van der Waals surface area contributed by atoms with Crippen LogP contribution >= 0.6 is 0 Å². The van der Waals surface area contributed by atoms with E-state index in [2.05, 4.69) is 4.98 Å². The third kappa shape index (κ3) is 2.55. The van der Waals surface area contributed by atoms with Crippen LogP contribution in [0.4, 0.5) is 0 Å². The molecular formula is C12H16N2O3. The summed E-state index contributed by atoms with van der Waals surface area (Å²) in [6.45, 7) is 2.74. The molecule has 5 nitrogen and oxygen atoms in total. The second kappa shape index (κ2) is 4.33. The molecule has 1 saturated heterocycles. The summed E-state index contributed by atoms with van der Waals surface area (Å²) in [4.78, 5) is 27.6. The number of hydrogen-bond acceptors (Lipinski definition) is 3. The van der Waals surface area contributed by atoms with Crippen molar-refractivity contribution in [3.63, 3.8) is 0 Å². The SMILES string of the molecule is CC1(O)CCN(C(=O)c2ccc[nH]c2=O)CC1. The maximum Gasteiger partial charge on any atom is 0.260 e. The van der Waals surface area contributed by atoms with Gasteiger partial charge >= 0.3 is 0 Å². The molecule has 5 heteroatoms. The van der Waals surface area contributed by atoms with Gasteiger partial charge in [-0.3, -0.25) is 9.59 Å². The van der Waals surface area contributed by atoms with Gasteiger partial charge in [-0.15, -0.1) is 0 Å². The summed E-state index contributed by atoms with van der Waals surface area (Å²) in [5.41, 5.74) is -0.899. The first kappa shape index (κ1) is 11.9. The smallest absolute Gasteiger partial charge is 0.260 e. The van der Waals surface area contributed by atoms with Crippen LogP contribution in [0.3, 0.4) is 0 Å². The Kier molecular flexibility index (Phi) is 3.02. The average Bonchev–Trinajstić information content (AvgIpc) is 2.29. The van der Waals surface area contributed by atoms with Crippen molar-refractivity contribution in [1.82, 2.24) is 9.88 Å². The molecular weight excluding hydrogens is 220 g/mol. The fourth-order valence-corrected chi connectivity index (χ4v) is 1.95. The molecule has 0 unspecified atom stereocenters. The first-order valence-corrected chi connectivity index (χ1v) is 5.69. The van der Waals surface area contributed by atoms with E-state index in [4.69, 9.17) is 0 Å². The predicted octanol–water partition coefficient (Wildman–Crippen LogP) is 0.362. The molecule has 1 amide bonds. The van der Waals surface area contributed by atoms with Gasteiger partial charge in [0.2, 0.25) is 0 Å². The molecule has 1 fully saturated rings. The normalized spacial score (nSPS) is 19.1. The molecule has 17 heavy (non-hydrogen) atoms. The van der Waals surface area contributed by atoms with Gasteiger partial charge in [-0.05, 0) is 31.9 Å². The van der Waals surface area contributed by atoms with Crippen LogP contribution in [0.5, 0.6) is 0 Å². The Morgan fingerprint density at radius 1 is 1.47 bits per heavy atom. The highest BCUT2D eigenvalue weighted by molar-refractivity contribution is 5.93. The quantitative estimate of drug-likeness (QED) is 0.739. The summed E-state index contributed by atoms with van der Waals surface area (Å²) in [5.74, 6) is -0.262. The Hall–Kier alpha value is -1.62. The lowest BCUT2D eigenvalue weighted by Crippen LogP contribution is -2.46. The summed E-state index contributed by atoms with van der Waals surface area (Å²) in [7, 11) is 0. The fourth-order valence-electron chi connectivity index (χ4n) is 1.95. The number of rotatable bonds is 1. The Morgan fingerprint density at radius 3 is 2.71 bits per heavy atom. The van der Waals surface area contributed by atoms with Crippen molar-refractivity contribution in [2.24, 2.45) is 0 Å². The summed E-state index contributed by atoms with van der Waals surface area (Å²) >= 11 is 0. The molecule has 0 radical (unpaired) electrons.